The highest BCUT2D eigenvalue weighted by atomic mass is 32.1. The van der Waals surface area contributed by atoms with Crippen LogP contribution in [-0.4, -0.2) is 66.0 Å². The molecular formula is C17H26N4OS. The largest absolute Gasteiger partial charge is 0.379 e. The summed E-state index contributed by atoms with van der Waals surface area (Å²) in [6.45, 7) is 5.86. The molecular weight excluding hydrogens is 308 g/mol. The van der Waals surface area contributed by atoms with Gasteiger partial charge in [0.2, 0.25) is 0 Å². The van der Waals surface area contributed by atoms with Gasteiger partial charge in [-0.25, -0.2) is 0 Å². The van der Waals surface area contributed by atoms with E-state index in [2.05, 4.69) is 45.7 Å². The summed E-state index contributed by atoms with van der Waals surface area (Å²) in [4.78, 5) is 6.46. The average molecular weight is 334 g/mol. The normalized spacial score (nSPS) is 17.7. The van der Waals surface area contributed by atoms with Crippen LogP contribution < -0.4 is 0 Å². The van der Waals surface area contributed by atoms with Crippen molar-refractivity contribution in [1.82, 2.24) is 19.6 Å². The van der Waals surface area contributed by atoms with Crippen molar-refractivity contribution >= 4 is 11.3 Å². The highest BCUT2D eigenvalue weighted by Gasteiger charge is 2.24. The van der Waals surface area contributed by atoms with E-state index in [-0.39, 0.29) is 0 Å². The van der Waals surface area contributed by atoms with E-state index in [9.17, 15) is 0 Å². The van der Waals surface area contributed by atoms with Crippen molar-refractivity contribution in [3.63, 3.8) is 0 Å². The summed E-state index contributed by atoms with van der Waals surface area (Å²) in [6, 6.07) is 4.89. The predicted molar refractivity (Wildman–Crippen MR) is 93.9 cm³/mol. The summed E-state index contributed by atoms with van der Waals surface area (Å²) < 4.78 is 7.39. The Morgan fingerprint density at radius 3 is 2.87 bits per heavy atom. The monoisotopic (exact) mass is 334 g/mol. The Labute approximate surface area is 142 Å². The number of morpholine rings is 1. The lowest BCUT2D eigenvalue weighted by Crippen LogP contribution is -2.43. The Balaban J connectivity index is 1.58. The first kappa shape index (κ1) is 16.6. The summed E-state index contributed by atoms with van der Waals surface area (Å²) in [5.74, 6) is 0. The van der Waals surface area contributed by atoms with Crippen molar-refractivity contribution < 1.29 is 4.74 Å². The predicted octanol–water partition coefficient (Wildman–Crippen LogP) is 2.03. The Kier molecular flexibility index (Phi) is 5.83. The molecule has 1 aliphatic heterocycles. The van der Waals surface area contributed by atoms with Gasteiger partial charge in [-0.15, -0.1) is 11.3 Å². The lowest BCUT2D eigenvalue weighted by Gasteiger charge is -2.36. The number of ether oxygens (including phenoxy) is 1. The van der Waals surface area contributed by atoms with Gasteiger partial charge in [0, 0.05) is 44.3 Å². The molecule has 1 aliphatic rings. The molecule has 0 radical (unpaired) electrons. The fourth-order valence-corrected chi connectivity index (χ4v) is 3.91. The third-order valence-electron chi connectivity index (χ3n) is 4.38. The van der Waals surface area contributed by atoms with Crippen molar-refractivity contribution in [3.8, 4) is 0 Å². The van der Waals surface area contributed by atoms with Crippen LogP contribution in [0.5, 0.6) is 0 Å². The number of aryl methyl sites for hydroxylation is 1. The highest BCUT2D eigenvalue weighted by Crippen LogP contribution is 2.26. The highest BCUT2D eigenvalue weighted by molar-refractivity contribution is 7.10. The van der Waals surface area contributed by atoms with Gasteiger partial charge in [0.15, 0.2) is 0 Å². The number of aromatic nitrogens is 2. The molecule has 0 spiro atoms. The molecule has 0 amide bonds. The molecule has 1 atom stereocenters. The molecule has 6 heteroatoms. The van der Waals surface area contributed by atoms with Gasteiger partial charge in [-0.1, -0.05) is 6.07 Å². The van der Waals surface area contributed by atoms with Gasteiger partial charge in [-0.05, 0) is 30.5 Å². The number of hydrogen-bond donors (Lipinski definition) is 0. The van der Waals surface area contributed by atoms with Crippen molar-refractivity contribution in [2.45, 2.75) is 12.5 Å². The Hall–Kier alpha value is -1.21. The maximum Gasteiger partial charge on any atom is 0.0594 e. The first-order chi connectivity index (χ1) is 11.2. The SMILES string of the molecule is CN(CCc1cnn(C)c1)C[C@@H](c1cccs1)N1CCOCC1. The topological polar surface area (TPSA) is 33.5 Å². The van der Waals surface area contributed by atoms with Crippen molar-refractivity contribution in [2.24, 2.45) is 7.05 Å². The van der Waals surface area contributed by atoms with E-state index in [0.717, 1.165) is 45.8 Å². The molecule has 0 bridgehead atoms. The van der Waals surface area contributed by atoms with E-state index in [0.29, 0.717) is 6.04 Å². The minimum absolute atomic E-state index is 0.470. The molecule has 0 saturated carbocycles. The van der Waals surface area contributed by atoms with Crippen LogP contribution in [0.4, 0.5) is 0 Å². The number of likely N-dealkylation sites (N-methyl/N-ethyl adjacent to an activating group) is 1. The van der Waals surface area contributed by atoms with Crippen LogP contribution in [0.1, 0.15) is 16.5 Å². The Morgan fingerprint density at radius 2 is 2.22 bits per heavy atom. The van der Waals surface area contributed by atoms with Crippen LogP contribution in [0.2, 0.25) is 0 Å². The number of nitrogens with zero attached hydrogens (tertiary/aromatic N) is 4. The molecule has 0 aromatic carbocycles. The minimum Gasteiger partial charge on any atom is -0.379 e. The molecule has 1 saturated heterocycles. The minimum atomic E-state index is 0.470. The van der Waals surface area contributed by atoms with Crippen molar-refractivity contribution in [3.05, 3.63) is 40.3 Å². The maximum absolute atomic E-state index is 5.52. The zero-order valence-electron chi connectivity index (χ0n) is 14.0. The summed E-state index contributed by atoms with van der Waals surface area (Å²) in [5.41, 5.74) is 1.30. The third kappa shape index (κ3) is 4.64. The summed E-state index contributed by atoms with van der Waals surface area (Å²) in [6.07, 6.45) is 5.11. The second-order valence-electron chi connectivity index (χ2n) is 6.21. The molecule has 2 aromatic heterocycles. The van der Waals surface area contributed by atoms with Crippen molar-refractivity contribution in [2.75, 3.05) is 46.4 Å². The van der Waals surface area contributed by atoms with Crippen LogP contribution in [0.15, 0.2) is 29.9 Å². The van der Waals surface area contributed by atoms with Crippen LogP contribution in [0.3, 0.4) is 0 Å². The molecule has 126 valence electrons. The van der Waals surface area contributed by atoms with Crippen LogP contribution in [-0.2, 0) is 18.2 Å². The van der Waals surface area contributed by atoms with Gasteiger partial charge >= 0.3 is 0 Å². The van der Waals surface area contributed by atoms with E-state index < -0.39 is 0 Å². The first-order valence-electron chi connectivity index (χ1n) is 8.23. The van der Waals surface area contributed by atoms with Gasteiger partial charge < -0.3 is 9.64 Å². The van der Waals surface area contributed by atoms with E-state index in [1.807, 2.05) is 29.3 Å². The molecule has 3 heterocycles. The fourth-order valence-electron chi connectivity index (χ4n) is 3.06. The molecule has 1 fully saturated rings. The van der Waals surface area contributed by atoms with Crippen LogP contribution in [0, 0.1) is 0 Å². The lowest BCUT2D eigenvalue weighted by atomic mass is 10.1. The smallest absolute Gasteiger partial charge is 0.0594 e. The molecule has 23 heavy (non-hydrogen) atoms. The number of thiophene rings is 1. The van der Waals surface area contributed by atoms with Crippen LogP contribution in [0.25, 0.3) is 0 Å². The fraction of sp³-hybridized carbons (Fsp3) is 0.588. The molecule has 0 aliphatic carbocycles. The van der Waals surface area contributed by atoms with Gasteiger partial charge in [0.05, 0.1) is 25.5 Å². The first-order valence-corrected chi connectivity index (χ1v) is 9.11. The third-order valence-corrected chi connectivity index (χ3v) is 5.36. The molecule has 2 aromatic rings. The summed E-state index contributed by atoms with van der Waals surface area (Å²) >= 11 is 1.86. The van der Waals surface area contributed by atoms with Crippen LogP contribution >= 0.6 is 11.3 Å². The maximum atomic E-state index is 5.52. The molecule has 5 nitrogen and oxygen atoms in total. The number of hydrogen-bond acceptors (Lipinski definition) is 5. The summed E-state index contributed by atoms with van der Waals surface area (Å²) in [7, 11) is 4.19. The zero-order valence-corrected chi connectivity index (χ0v) is 14.8. The van der Waals surface area contributed by atoms with Gasteiger partial charge in [0.25, 0.3) is 0 Å². The second-order valence-corrected chi connectivity index (χ2v) is 7.19. The van der Waals surface area contributed by atoms with Gasteiger partial charge in [-0.2, -0.15) is 5.10 Å². The summed E-state index contributed by atoms with van der Waals surface area (Å²) in [5, 5.41) is 6.43. The molecule has 0 N–H and O–H groups in total. The Bertz CT molecular complexity index is 577. The van der Waals surface area contributed by atoms with E-state index in [1.54, 1.807) is 0 Å². The quantitative estimate of drug-likeness (QED) is 0.776. The lowest BCUT2D eigenvalue weighted by molar-refractivity contribution is 0.0102. The molecule has 3 rings (SSSR count). The standard InChI is InChI=1S/C17H26N4OS/c1-19(6-5-15-12-18-20(2)13-15)14-16(17-4-3-11-23-17)21-7-9-22-10-8-21/h3-4,11-13,16H,5-10,14H2,1-2H3/t16-/m0/s1. The van der Waals surface area contributed by atoms with E-state index in [1.165, 1.54) is 10.4 Å². The van der Waals surface area contributed by atoms with Gasteiger partial charge in [0.1, 0.15) is 0 Å². The average Bonchev–Trinajstić information content (AvgIpc) is 3.23. The zero-order chi connectivity index (χ0) is 16.1. The second kappa shape index (κ2) is 8.06. The van der Waals surface area contributed by atoms with E-state index >= 15 is 0 Å². The van der Waals surface area contributed by atoms with Crippen molar-refractivity contribution in [1.29, 1.82) is 0 Å². The van der Waals surface area contributed by atoms with E-state index in [4.69, 9.17) is 4.74 Å². The van der Waals surface area contributed by atoms with Gasteiger partial charge in [-0.3, -0.25) is 9.58 Å². The molecule has 0 unspecified atom stereocenters. The number of rotatable bonds is 7. The Morgan fingerprint density at radius 1 is 1.39 bits per heavy atom.